The lowest BCUT2D eigenvalue weighted by Crippen LogP contribution is -2.44. The van der Waals surface area contributed by atoms with Crippen LogP contribution in [0.2, 0.25) is 0 Å². The van der Waals surface area contributed by atoms with Gasteiger partial charge < -0.3 is 19.7 Å². The van der Waals surface area contributed by atoms with Gasteiger partial charge >= 0.3 is 0 Å². The van der Waals surface area contributed by atoms with Gasteiger partial charge in [-0.15, -0.1) is 0 Å². The lowest BCUT2D eigenvalue weighted by molar-refractivity contribution is -0.117. The first-order chi connectivity index (χ1) is 15.2. The summed E-state index contributed by atoms with van der Waals surface area (Å²) in [4.78, 5) is 29.4. The highest BCUT2D eigenvalue weighted by Gasteiger charge is 2.27. The van der Waals surface area contributed by atoms with Crippen molar-refractivity contribution in [3.05, 3.63) is 59.7 Å². The molecule has 0 bridgehead atoms. The van der Waals surface area contributed by atoms with Gasteiger partial charge in [-0.2, -0.15) is 0 Å². The molecular weight excluding hydrogens is 394 g/mol. The highest BCUT2D eigenvalue weighted by Crippen LogP contribution is 2.27. The third kappa shape index (κ3) is 4.89. The van der Waals surface area contributed by atoms with Gasteiger partial charge in [0.1, 0.15) is 5.75 Å². The lowest BCUT2D eigenvalue weighted by atomic mass is 10.0. The number of methoxy groups -OCH3 is 1. The first kappa shape index (κ1) is 21.3. The van der Waals surface area contributed by atoms with Crippen molar-refractivity contribution < 1.29 is 19.1 Å². The van der Waals surface area contributed by atoms with Crippen LogP contribution in [0.3, 0.4) is 0 Å². The molecule has 0 aliphatic carbocycles. The van der Waals surface area contributed by atoms with Gasteiger partial charge in [-0.1, -0.05) is 24.3 Å². The van der Waals surface area contributed by atoms with Gasteiger partial charge in [0.05, 0.1) is 37.6 Å². The Morgan fingerprint density at radius 3 is 2.52 bits per heavy atom. The fraction of sp³-hybridized carbons (Fsp3) is 0.417. The Labute approximate surface area is 182 Å². The number of hydrogen-bond donors (Lipinski definition) is 1. The monoisotopic (exact) mass is 423 g/mol. The van der Waals surface area contributed by atoms with Gasteiger partial charge in [0.15, 0.2) is 0 Å². The highest BCUT2D eigenvalue weighted by atomic mass is 16.5. The number of anilines is 1. The molecule has 2 amide bonds. The number of morpholine rings is 1. The van der Waals surface area contributed by atoms with Crippen LogP contribution in [-0.4, -0.2) is 63.2 Å². The predicted octanol–water partition coefficient (Wildman–Crippen LogP) is 2.63. The highest BCUT2D eigenvalue weighted by molar-refractivity contribution is 6.05. The molecule has 0 aromatic heterocycles. The Hall–Kier alpha value is -2.90. The number of amides is 2. The summed E-state index contributed by atoms with van der Waals surface area (Å²) < 4.78 is 10.8. The van der Waals surface area contributed by atoms with E-state index in [0.717, 1.165) is 30.8 Å². The summed E-state index contributed by atoms with van der Waals surface area (Å²) in [7, 11) is 1.65. The summed E-state index contributed by atoms with van der Waals surface area (Å²) in [6.07, 6.45) is 1.36. The predicted molar refractivity (Wildman–Crippen MR) is 118 cm³/mol. The fourth-order valence-corrected chi connectivity index (χ4v) is 4.26. The van der Waals surface area contributed by atoms with Crippen LogP contribution in [0.25, 0.3) is 0 Å². The average Bonchev–Trinajstić information content (AvgIpc) is 3.26. The second-order valence-electron chi connectivity index (χ2n) is 7.81. The van der Waals surface area contributed by atoms with Crippen LogP contribution in [0.15, 0.2) is 48.5 Å². The van der Waals surface area contributed by atoms with Gasteiger partial charge in [-0.25, -0.2) is 0 Å². The maximum atomic E-state index is 13.1. The Balaban J connectivity index is 1.51. The minimum absolute atomic E-state index is 0.0272. The smallest absolute Gasteiger partial charge is 0.253 e. The molecule has 2 fully saturated rings. The first-order valence-corrected chi connectivity index (χ1v) is 10.8. The number of benzene rings is 2. The summed E-state index contributed by atoms with van der Waals surface area (Å²) in [5.41, 5.74) is 2.34. The van der Waals surface area contributed by atoms with Crippen molar-refractivity contribution >= 4 is 17.5 Å². The largest absolute Gasteiger partial charge is 0.497 e. The molecule has 164 valence electrons. The maximum Gasteiger partial charge on any atom is 0.253 e. The van der Waals surface area contributed by atoms with Crippen molar-refractivity contribution in [1.82, 2.24) is 10.2 Å². The third-order valence-corrected chi connectivity index (χ3v) is 5.96. The summed E-state index contributed by atoms with van der Waals surface area (Å²) in [5.74, 6) is 0.712. The van der Waals surface area contributed by atoms with E-state index >= 15 is 0 Å². The van der Waals surface area contributed by atoms with Crippen LogP contribution in [0.1, 0.15) is 34.8 Å². The van der Waals surface area contributed by atoms with Gasteiger partial charge in [-0.05, 0) is 36.2 Å². The second-order valence-corrected chi connectivity index (χ2v) is 7.81. The van der Waals surface area contributed by atoms with E-state index in [4.69, 9.17) is 9.47 Å². The standard InChI is InChI=1S/C24H29N3O4/c1-30-19-10-8-18(9-11-19)22(26-13-15-31-16-14-26)17-25-24(29)20-5-2-3-6-21(20)27-12-4-7-23(27)28/h2-3,5-6,8-11,22H,4,7,12-17H2,1H3,(H,25,29)/t22-/m0/s1. The first-order valence-electron chi connectivity index (χ1n) is 10.8. The molecule has 1 N–H and O–H groups in total. The van der Waals surface area contributed by atoms with Crippen molar-refractivity contribution in [2.45, 2.75) is 18.9 Å². The zero-order chi connectivity index (χ0) is 21.6. The molecular formula is C24H29N3O4. The minimum atomic E-state index is -0.165. The average molecular weight is 424 g/mol. The molecule has 0 spiro atoms. The van der Waals surface area contributed by atoms with Crippen molar-refractivity contribution in [3.8, 4) is 5.75 Å². The van der Waals surface area contributed by atoms with Crippen LogP contribution < -0.4 is 15.0 Å². The molecule has 0 radical (unpaired) electrons. The van der Waals surface area contributed by atoms with Crippen LogP contribution in [0, 0.1) is 0 Å². The Bertz CT molecular complexity index is 909. The zero-order valence-corrected chi connectivity index (χ0v) is 17.9. The van der Waals surface area contributed by atoms with Crippen molar-refractivity contribution in [1.29, 1.82) is 0 Å². The summed E-state index contributed by atoms with van der Waals surface area (Å²) >= 11 is 0. The van der Waals surface area contributed by atoms with E-state index in [9.17, 15) is 9.59 Å². The summed E-state index contributed by atoms with van der Waals surface area (Å²) in [6, 6.07) is 15.3. The lowest BCUT2D eigenvalue weighted by Gasteiger charge is -2.35. The topological polar surface area (TPSA) is 71.1 Å². The zero-order valence-electron chi connectivity index (χ0n) is 17.9. The molecule has 4 rings (SSSR count). The van der Waals surface area contributed by atoms with Gasteiger partial charge in [0.25, 0.3) is 5.91 Å². The molecule has 2 heterocycles. The van der Waals surface area contributed by atoms with E-state index in [1.807, 2.05) is 42.5 Å². The molecule has 0 unspecified atom stereocenters. The molecule has 2 saturated heterocycles. The van der Waals surface area contributed by atoms with E-state index in [1.165, 1.54) is 0 Å². The number of nitrogens with zero attached hydrogens (tertiary/aromatic N) is 2. The van der Waals surface area contributed by atoms with Crippen LogP contribution in [0.4, 0.5) is 5.69 Å². The van der Waals surface area contributed by atoms with Crippen LogP contribution in [-0.2, 0) is 9.53 Å². The van der Waals surface area contributed by atoms with E-state index in [2.05, 4.69) is 10.2 Å². The molecule has 2 aromatic rings. The van der Waals surface area contributed by atoms with E-state index in [0.29, 0.717) is 44.0 Å². The fourth-order valence-electron chi connectivity index (χ4n) is 4.26. The van der Waals surface area contributed by atoms with Crippen LogP contribution >= 0.6 is 0 Å². The van der Waals surface area contributed by atoms with Crippen molar-refractivity contribution in [3.63, 3.8) is 0 Å². The SMILES string of the molecule is COc1ccc([C@H](CNC(=O)c2ccccc2N2CCCC2=O)N2CCOCC2)cc1. The number of hydrogen-bond acceptors (Lipinski definition) is 5. The number of ether oxygens (including phenoxy) is 2. The van der Waals surface area contributed by atoms with Crippen molar-refractivity contribution in [2.24, 2.45) is 0 Å². The van der Waals surface area contributed by atoms with Gasteiger partial charge in [-0.3, -0.25) is 14.5 Å². The number of rotatable bonds is 7. The van der Waals surface area contributed by atoms with E-state index < -0.39 is 0 Å². The normalized spacial score (nSPS) is 18.1. The summed E-state index contributed by atoms with van der Waals surface area (Å²) in [5, 5.41) is 3.11. The molecule has 31 heavy (non-hydrogen) atoms. The number of nitrogens with one attached hydrogen (secondary N) is 1. The maximum absolute atomic E-state index is 13.1. The molecule has 1 atom stereocenters. The Morgan fingerprint density at radius 2 is 1.84 bits per heavy atom. The third-order valence-electron chi connectivity index (χ3n) is 5.96. The Kier molecular flexibility index (Phi) is 6.84. The number of carbonyl (C=O) groups excluding carboxylic acids is 2. The Morgan fingerprint density at radius 1 is 1.10 bits per heavy atom. The molecule has 7 nitrogen and oxygen atoms in total. The van der Waals surface area contributed by atoms with E-state index in [-0.39, 0.29) is 17.9 Å². The van der Waals surface area contributed by atoms with Gasteiger partial charge in [0.2, 0.25) is 5.91 Å². The van der Waals surface area contributed by atoms with Gasteiger partial charge in [0, 0.05) is 32.6 Å². The second kappa shape index (κ2) is 9.94. The van der Waals surface area contributed by atoms with Crippen LogP contribution in [0.5, 0.6) is 5.75 Å². The number of carbonyl (C=O) groups is 2. The molecule has 2 aromatic carbocycles. The van der Waals surface area contributed by atoms with Crippen molar-refractivity contribution in [2.75, 3.05) is 51.4 Å². The van der Waals surface area contributed by atoms with E-state index in [1.54, 1.807) is 18.1 Å². The quantitative estimate of drug-likeness (QED) is 0.741. The molecule has 7 heteroatoms. The number of para-hydroxylation sites is 1. The minimum Gasteiger partial charge on any atom is -0.497 e. The summed E-state index contributed by atoms with van der Waals surface area (Å²) in [6.45, 7) is 4.11. The molecule has 0 saturated carbocycles. The molecule has 2 aliphatic rings. The molecule has 2 aliphatic heterocycles.